The van der Waals surface area contributed by atoms with Crippen LogP contribution < -0.4 is 10.2 Å². The Kier molecular flexibility index (Phi) is 5.40. The van der Waals surface area contributed by atoms with Gasteiger partial charge in [-0.2, -0.15) is 0 Å². The summed E-state index contributed by atoms with van der Waals surface area (Å²) in [4.78, 5) is 13.7. The third-order valence-electron chi connectivity index (χ3n) is 4.58. The van der Waals surface area contributed by atoms with Crippen LogP contribution in [-0.2, 0) is 4.79 Å². The summed E-state index contributed by atoms with van der Waals surface area (Å²) in [5.74, 6) is 1.70. The predicted molar refractivity (Wildman–Crippen MR) is 87.7 cm³/mol. The molecule has 2 N–H and O–H groups in total. The zero-order valence-electron chi connectivity index (χ0n) is 13.8. The molecule has 1 aromatic rings. The maximum absolute atomic E-state index is 12.1. The molecule has 21 heavy (non-hydrogen) atoms. The molecule has 1 heterocycles. The highest BCUT2D eigenvalue weighted by molar-refractivity contribution is 5.90. The Bertz CT molecular complexity index is 488. The number of amides is 1. The van der Waals surface area contributed by atoms with Crippen molar-refractivity contribution in [2.24, 2.45) is 11.8 Å². The number of carbonyl (C=O) groups is 1. The first kappa shape index (κ1) is 16.0. The molecule has 1 amide bonds. The van der Waals surface area contributed by atoms with E-state index in [1.807, 2.05) is 12.1 Å². The van der Waals surface area contributed by atoms with E-state index < -0.39 is 0 Å². The lowest BCUT2D eigenvalue weighted by Gasteiger charge is -2.31. The smallest absolute Gasteiger partial charge is 0.230 e. The number of carbonyl (C=O) groups excluding carboxylic acids is 1. The summed E-state index contributed by atoms with van der Waals surface area (Å²) in [6, 6.07) is 6.09. The Hall–Kier alpha value is -1.35. The molecule has 0 unspecified atom stereocenters. The lowest BCUT2D eigenvalue weighted by atomic mass is 9.92. The van der Waals surface area contributed by atoms with Crippen LogP contribution in [0.2, 0.25) is 0 Å². The van der Waals surface area contributed by atoms with Crippen LogP contribution in [0.4, 0.5) is 5.69 Å². The van der Waals surface area contributed by atoms with Crippen LogP contribution >= 0.6 is 0 Å². The van der Waals surface area contributed by atoms with E-state index in [-0.39, 0.29) is 5.91 Å². The summed E-state index contributed by atoms with van der Waals surface area (Å²) in [5.41, 5.74) is 3.39. The standard InChI is InChI=1S/C18H28N2O/c1-13-9-14(2)12-20(11-13)8-7-18(21)19-17-6-5-15(3)16(4)10-17/h5-6,10,13-14H,7-9,11-12H2,1-4H3,(H,19,21)/p+1/t13-,14-/m1/s1. The van der Waals surface area contributed by atoms with Crippen LogP contribution in [0.25, 0.3) is 0 Å². The Morgan fingerprint density at radius 1 is 1.19 bits per heavy atom. The van der Waals surface area contributed by atoms with Crippen molar-refractivity contribution in [3.05, 3.63) is 29.3 Å². The van der Waals surface area contributed by atoms with Gasteiger partial charge >= 0.3 is 0 Å². The molecule has 0 saturated carbocycles. The van der Waals surface area contributed by atoms with Crippen LogP contribution in [0.5, 0.6) is 0 Å². The summed E-state index contributed by atoms with van der Waals surface area (Å²) in [6.45, 7) is 12.2. The van der Waals surface area contributed by atoms with Crippen molar-refractivity contribution in [3.63, 3.8) is 0 Å². The molecule has 1 saturated heterocycles. The number of aryl methyl sites for hydroxylation is 2. The van der Waals surface area contributed by atoms with Gasteiger partial charge in [-0.05, 0) is 43.5 Å². The van der Waals surface area contributed by atoms with Gasteiger partial charge in [-0.3, -0.25) is 4.79 Å². The van der Waals surface area contributed by atoms with Gasteiger partial charge in [0.1, 0.15) is 0 Å². The molecular formula is C18H29N2O+. The SMILES string of the molecule is Cc1ccc(NC(=O)CC[NH+]2C[C@H](C)C[C@@H](C)C2)cc1C. The second kappa shape index (κ2) is 7.08. The molecule has 0 bridgehead atoms. The molecule has 3 nitrogen and oxygen atoms in total. The fourth-order valence-corrected chi connectivity index (χ4v) is 3.46. The van der Waals surface area contributed by atoms with E-state index in [1.165, 1.54) is 30.6 Å². The van der Waals surface area contributed by atoms with Crippen molar-refractivity contribution in [2.75, 3.05) is 25.0 Å². The average Bonchev–Trinajstić information content (AvgIpc) is 2.40. The van der Waals surface area contributed by atoms with Gasteiger partial charge in [0.2, 0.25) is 5.91 Å². The maximum atomic E-state index is 12.1. The fraction of sp³-hybridized carbons (Fsp3) is 0.611. The molecule has 0 aliphatic carbocycles. The highest BCUT2D eigenvalue weighted by atomic mass is 16.1. The van der Waals surface area contributed by atoms with Crippen molar-refractivity contribution in [2.45, 2.75) is 40.5 Å². The van der Waals surface area contributed by atoms with Crippen molar-refractivity contribution in [1.29, 1.82) is 0 Å². The molecule has 0 spiro atoms. The minimum Gasteiger partial charge on any atom is -0.334 e. The topological polar surface area (TPSA) is 33.5 Å². The largest absolute Gasteiger partial charge is 0.334 e. The van der Waals surface area contributed by atoms with E-state index in [2.05, 4.69) is 39.1 Å². The number of rotatable bonds is 4. The molecule has 1 aromatic carbocycles. The number of hydrogen-bond donors (Lipinski definition) is 2. The Morgan fingerprint density at radius 3 is 2.48 bits per heavy atom. The van der Waals surface area contributed by atoms with Gasteiger partial charge in [0.15, 0.2) is 0 Å². The Morgan fingerprint density at radius 2 is 1.86 bits per heavy atom. The predicted octanol–water partition coefficient (Wildman–Crippen LogP) is 2.19. The minimum absolute atomic E-state index is 0.136. The van der Waals surface area contributed by atoms with Crippen LogP contribution in [-0.4, -0.2) is 25.5 Å². The van der Waals surface area contributed by atoms with Crippen molar-refractivity contribution in [1.82, 2.24) is 0 Å². The Balaban J connectivity index is 1.80. The molecule has 1 aliphatic heterocycles. The monoisotopic (exact) mass is 289 g/mol. The fourth-order valence-electron chi connectivity index (χ4n) is 3.46. The van der Waals surface area contributed by atoms with Crippen LogP contribution in [0, 0.1) is 25.7 Å². The highest BCUT2D eigenvalue weighted by Gasteiger charge is 2.25. The van der Waals surface area contributed by atoms with Crippen molar-refractivity contribution >= 4 is 11.6 Å². The molecule has 1 fully saturated rings. The van der Waals surface area contributed by atoms with Crippen molar-refractivity contribution in [3.8, 4) is 0 Å². The summed E-state index contributed by atoms with van der Waals surface area (Å²) < 4.78 is 0. The summed E-state index contributed by atoms with van der Waals surface area (Å²) >= 11 is 0. The van der Waals surface area contributed by atoms with E-state index in [1.54, 1.807) is 4.90 Å². The molecule has 0 radical (unpaired) electrons. The summed E-state index contributed by atoms with van der Waals surface area (Å²) in [6.07, 6.45) is 1.94. The second-order valence-corrected chi connectivity index (χ2v) is 6.95. The number of piperidine rings is 1. The van der Waals surface area contributed by atoms with Gasteiger partial charge in [0.25, 0.3) is 0 Å². The van der Waals surface area contributed by atoms with Gasteiger partial charge in [-0.1, -0.05) is 19.9 Å². The number of likely N-dealkylation sites (tertiary alicyclic amines) is 1. The number of nitrogens with one attached hydrogen (secondary N) is 2. The lowest BCUT2D eigenvalue weighted by Crippen LogP contribution is -3.14. The summed E-state index contributed by atoms with van der Waals surface area (Å²) in [5, 5.41) is 3.02. The molecular weight excluding hydrogens is 260 g/mol. The quantitative estimate of drug-likeness (QED) is 0.875. The van der Waals surface area contributed by atoms with E-state index in [0.717, 1.165) is 24.1 Å². The number of hydrogen-bond acceptors (Lipinski definition) is 1. The van der Waals surface area contributed by atoms with Gasteiger partial charge in [0, 0.05) is 17.5 Å². The zero-order chi connectivity index (χ0) is 15.4. The molecule has 2 rings (SSSR count). The van der Waals surface area contributed by atoms with E-state index in [0.29, 0.717) is 6.42 Å². The van der Waals surface area contributed by atoms with Crippen molar-refractivity contribution < 1.29 is 9.69 Å². The maximum Gasteiger partial charge on any atom is 0.230 e. The third kappa shape index (κ3) is 4.85. The van der Waals surface area contributed by atoms with Gasteiger partial charge in [-0.15, -0.1) is 0 Å². The first-order chi connectivity index (χ1) is 9.94. The number of quaternary nitrogens is 1. The second-order valence-electron chi connectivity index (χ2n) is 6.95. The number of benzene rings is 1. The zero-order valence-corrected chi connectivity index (χ0v) is 13.8. The molecule has 0 aromatic heterocycles. The van der Waals surface area contributed by atoms with Gasteiger partial charge in [0.05, 0.1) is 26.1 Å². The average molecular weight is 289 g/mol. The molecule has 2 atom stereocenters. The molecule has 3 heteroatoms. The minimum atomic E-state index is 0.136. The molecule has 1 aliphatic rings. The van der Waals surface area contributed by atoms with Gasteiger partial charge < -0.3 is 10.2 Å². The van der Waals surface area contributed by atoms with Crippen LogP contribution in [0.1, 0.15) is 37.8 Å². The van der Waals surface area contributed by atoms with Crippen LogP contribution in [0.15, 0.2) is 18.2 Å². The van der Waals surface area contributed by atoms with Gasteiger partial charge in [-0.25, -0.2) is 0 Å². The number of anilines is 1. The highest BCUT2D eigenvalue weighted by Crippen LogP contribution is 2.14. The summed E-state index contributed by atoms with van der Waals surface area (Å²) in [7, 11) is 0. The normalized spacial score (nSPS) is 25.6. The lowest BCUT2D eigenvalue weighted by molar-refractivity contribution is -0.911. The first-order valence-electron chi connectivity index (χ1n) is 8.14. The first-order valence-corrected chi connectivity index (χ1v) is 8.14. The van der Waals surface area contributed by atoms with Crippen LogP contribution in [0.3, 0.4) is 0 Å². The van der Waals surface area contributed by atoms with E-state index in [9.17, 15) is 4.79 Å². The Labute approximate surface area is 128 Å². The van der Waals surface area contributed by atoms with E-state index in [4.69, 9.17) is 0 Å². The third-order valence-corrected chi connectivity index (χ3v) is 4.58. The molecule has 116 valence electrons. The van der Waals surface area contributed by atoms with E-state index >= 15 is 0 Å².